The summed E-state index contributed by atoms with van der Waals surface area (Å²) in [6, 6.07) is 7.69. The number of thiazole rings is 1. The number of nitrogens with zero attached hydrogens (tertiary/aromatic N) is 1. The molecule has 0 saturated heterocycles. The number of benzene rings is 1. The first kappa shape index (κ1) is 16.2. The maximum atomic E-state index is 11.9. The molecule has 1 aromatic carbocycles. The number of aliphatic carboxylic acids is 1. The maximum absolute atomic E-state index is 11.9. The Morgan fingerprint density at radius 3 is 2.64 bits per heavy atom. The summed E-state index contributed by atoms with van der Waals surface area (Å²) in [5.41, 5.74) is 1.55. The van der Waals surface area contributed by atoms with Gasteiger partial charge in [0.15, 0.2) is 6.04 Å². The van der Waals surface area contributed by atoms with Gasteiger partial charge in [0.2, 0.25) is 5.91 Å². The number of carbonyl (C=O) groups excluding carboxylic acids is 1. The molecule has 0 bridgehead atoms. The van der Waals surface area contributed by atoms with E-state index in [1.54, 1.807) is 41.7 Å². The zero-order valence-corrected chi connectivity index (χ0v) is 13.1. The Labute approximate surface area is 133 Å². The minimum Gasteiger partial charge on any atom is -0.479 e. The van der Waals surface area contributed by atoms with E-state index < -0.39 is 12.0 Å². The van der Waals surface area contributed by atoms with E-state index in [0.29, 0.717) is 12.0 Å². The lowest BCUT2D eigenvalue weighted by Crippen LogP contribution is -2.33. The summed E-state index contributed by atoms with van der Waals surface area (Å²) < 4.78 is 0. The topological polar surface area (TPSA) is 79.3 Å². The molecule has 2 N–H and O–H groups in total. The van der Waals surface area contributed by atoms with Crippen LogP contribution in [0.15, 0.2) is 35.7 Å². The fourth-order valence-electron chi connectivity index (χ4n) is 2.08. The lowest BCUT2D eigenvalue weighted by molar-refractivity contribution is -0.142. The van der Waals surface area contributed by atoms with Crippen LogP contribution in [0.25, 0.3) is 0 Å². The Morgan fingerprint density at radius 1 is 1.32 bits per heavy atom. The second-order valence-corrected chi connectivity index (χ2v) is 5.93. The van der Waals surface area contributed by atoms with Gasteiger partial charge in [-0.05, 0) is 25.3 Å². The summed E-state index contributed by atoms with van der Waals surface area (Å²) >= 11 is 1.58. The second-order valence-electron chi connectivity index (χ2n) is 4.99. The largest absolute Gasteiger partial charge is 0.479 e. The van der Waals surface area contributed by atoms with Crippen molar-refractivity contribution in [2.45, 2.75) is 32.2 Å². The highest BCUT2D eigenvalue weighted by atomic mass is 32.1. The molecule has 0 aliphatic heterocycles. The van der Waals surface area contributed by atoms with Gasteiger partial charge in [0.05, 0.1) is 5.01 Å². The highest BCUT2D eigenvalue weighted by molar-refractivity contribution is 7.09. The Morgan fingerprint density at radius 2 is 2.05 bits per heavy atom. The summed E-state index contributed by atoms with van der Waals surface area (Å²) in [6.45, 7) is 1.93. The van der Waals surface area contributed by atoms with Crippen molar-refractivity contribution < 1.29 is 14.7 Å². The second kappa shape index (κ2) is 7.70. The highest BCUT2D eigenvalue weighted by Crippen LogP contribution is 2.14. The highest BCUT2D eigenvalue weighted by Gasteiger charge is 2.21. The Balaban J connectivity index is 1.85. The minimum absolute atomic E-state index is 0.260. The van der Waals surface area contributed by atoms with Crippen LogP contribution < -0.4 is 5.32 Å². The number of carbonyl (C=O) groups is 2. The fourth-order valence-corrected chi connectivity index (χ4v) is 2.90. The fraction of sp³-hybridized carbons (Fsp3) is 0.312. The molecule has 2 rings (SSSR count). The van der Waals surface area contributed by atoms with Crippen molar-refractivity contribution in [1.82, 2.24) is 10.3 Å². The molecule has 116 valence electrons. The third-order valence-electron chi connectivity index (χ3n) is 3.15. The van der Waals surface area contributed by atoms with Gasteiger partial charge >= 0.3 is 5.97 Å². The minimum atomic E-state index is -1.06. The average molecular weight is 318 g/mol. The number of rotatable bonds is 7. The summed E-state index contributed by atoms with van der Waals surface area (Å²) in [5, 5.41) is 14.8. The molecule has 0 aliphatic carbocycles. The molecule has 0 saturated carbocycles. The molecule has 1 amide bonds. The van der Waals surface area contributed by atoms with Crippen molar-refractivity contribution in [3.8, 4) is 0 Å². The lowest BCUT2D eigenvalue weighted by atomic mass is 10.1. The van der Waals surface area contributed by atoms with Gasteiger partial charge in [-0.3, -0.25) is 4.79 Å². The predicted molar refractivity (Wildman–Crippen MR) is 84.8 cm³/mol. The first-order chi connectivity index (χ1) is 10.6. The predicted octanol–water partition coefficient (Wildman–Crippen LogP) is 2.72. The summed E-state index contributed by atoms with van der Waals surface area (Å²) in [4.78, 5) is 27.6. The van der Waals surface area contributed by atoms with Crippen molar-refractivity contribution in [1.29, 1.82) is 0 Å². The van der Waals surface area contributed by atoms with E-state index in [0.717, 1.165) is 17.1 Å². The number of carboxylic acids is 1. The van der Waals surface area contributed by atoms with Crippen LogP contribution in [0, 0.1) is 6.92 Å². The monoisotopic (exact) mass is 318 g/mol. The van der Waals surface area contributed by atoms with Gasteiger partial charge in [0.1, 0.15) is 0 Å². The molecule has 2 aromatic rings. The zero-order chi connectivity index (χ0) is 15.9. The Bertz CT molecular complexity index is 640. The average Bonchev–Trinajstić information content (AvgIpc) is 2.91. The quantitative estimate of drug-likeness (QED) is 0.822. The van der Waals surface area contributed by atoms with Crippen LogP contribution in [-0.4, -0.2) is 22.0 Å². The van der Waals surface area contributed by atoms with Crippen LogP contribution in [0.2, 0.25) is 0 Å². The van der Waals surface area contributed by atoms with Gasteiger partial charge in [0, 0.05) is 17.5 Å². The van der Waals surface area contributed by atoms with E-state index in [2.05, 4.69) is 10.3 Å². The van der Waals surface area contributed by atoms with Crippen molar-refractivity contribution in [2.24, 2.45) is 0 Å². The van der Waals surface area contributed by atoms with Gasteiger partial charge in [-0.25, -0.2) is 9.78 Å². The molecule has 1 atom stereocenters. The SMILES string of the molecule is Cc1csc(CCCC(=O)N[C@@H](C(=O)O)c2ccccc2)n1. The third kappa shape index (κ3) is 4.66. The van der Waals surface area contributed by atoms with Gasteiger partial charge in [0.25, 0.3) is 0 Å². The summed E-state index contributed by atoms with van der Waals surface area (Å²) in [6.07, 6.45) is 1.67. The van der Waals surface area contributed by atoms with Gasteiger partial charge in [-0.15, -0.1) is 11.3 Å². The van der Waals surface area contributed by atoms with Crippen LogP contribution in [0.1, 0.15) is 35.1 Å². The van der Waals surface area contributed by atoms with Gasteiger partial charge < -0.3 is 10.4 Å². The van der Waals surface area contributed by atoms with Gasteiger partial charge in [-0.2, -0.15) is 0 Å². The molecule has 5 nitrogen and oxygen atoms in total. The number of amides is 1. The van der Waals surface area contributed by atoms with E-state index in [1.807, 2.05) is 12.3 Å². The molecular formula is C16H18N2O3S. The normalized spacial score (nSPS) is 11.9. The Hall–Kier alpha value is -2.21. The van der Waals surface area contributed by atoms with Crippen LogP contribution >= 0.6 is 11.3 Å². The van der Waals surface area contributed by atoms with Crippen molar-refractivity contribution in [3.05, 3.63) is 52.0 Å². The number of carboxylic acid groups (broad SMARTS) is 1. The van der Waals surface area contributed by atoms with Crippen molar-refractivity contribution in [2.75, 3.05) is 0 Å². The third-order valence-corrected chi connectivity index (χ3v) is 4.17. The van der Waals surface area contributed by atoms with Gasteiger partial charge in [-0.1, -0.05) is 30.3 Å². The molecule has 0 fully saturated rings. The smallest absolute Gasteiger partial charge is 0.330 e. The molecule has 22 heavy (non-hydrogen) atoms. The standard InChI is InChI=1S/C16H18N2O3S/c1-11-10-22-14(17-11)9-5-8-13(19)18-15(16(20)21)12-6-3-2-4-7-12/h2-4,6-7,10,15H,5,8-9H2,1H3,(H,18,19)(H,20,21)/t15-/m1/s1. The first-order valence-electron chi connectivity index (χ1n) is 7.04. The van der Waals surface area contributed by atoms with E-state index >= 15 is 0 Å². The first-order valence-corrected chi connectivity index (χ1v) is 7.92. The van der Waals surface area contributed by atoms with Crippen molar-refractivity contribution in [3.63, 3.8) is 0 Å². The molecule has 6 heteroatoms. The van der Waals surface area contributed by atoms with Crippen molar-refractivity contribution >= 4 is 23.2 Å². The van der Waals surface area contributed by atoms with Crippen LogP contribution in [0.5, 0.6) is 0 Å². The zero-order valence-electron chi connectivity index (χ0n) is 12.3. The summed E-state index contributed by atoms with van der Waals surface area (Å²) in [7, 11) is 0. The Kier molecular flexibility index (Phi) is 5.66. The number of aromatic nitrogens is 1. The maximum Gasteiger partial charge on any atom is 0.330 e. The molecule has 0 aliphatic rings. The number of hydrogen-bond acceptors (Lipinski definition) is 4. The molecule has 1 heterocycles. The van der Waals surface area contributed by atoms with Crippen LogP contribution in [0.4, 0.5) is 0 Å². The van der Waals surface area contributed by atoms with Crippen LogP contribution in [-0.2, 0) is 16.0 Å². The number of hydrogen-bond donors (Lipinski definition) is 2. The van der Waals surface area contributed by atoms with E-state index in [1.165, 1.54) is 0 Å². The lowest BCUT2D eigenvalue weighted by Gasteiger charge is -2.14. The molecule has 0 radical (unpaired) electrons. The molecule has 1 aromatic heterocycles. The summed E-state index contributed by atoms with van der Waals surface area (Å²) in [5.74, 6) is -1.32. The van der Waals surface area contributed by atoms with E-state index in [4.69, 9.17) is 0 Å². The molecule has 0 spiro atoms. The number of nitrogens with one attached hydrogen (secondary N) is 1. The molecule has 0 unspecified atom stereocenters. The van der Waals surface area contributed by atoms with E-state index in [9.17, 15) is 14.7 Å². The number of aryl methyl sites for hydroxylation is 2. The van der Waals surface area contributed by atoms with Crippen LogP contribution in [0.3, 0.4) is 0 Å². The van der Waals surface area contributed by atoms with E-state index in [-0.39, 0.29) is 12.3 Å². The molecular weight excluding hydrogens is 300 g/mol.